The van der Waals surface area contributed by atoms with E-state index in [0.29, 0.717) is 17.0 Å². The van der Waals surface area contributed by atoms with Gasteiger partial charge in [0.1, 0.15) is 5.75 Å². The molecule has 2 N–H and O–H groups in total. The quantitative estimate of drug-likeness (QED) is 0.598. The Labute approximate surface area is 90.2 Å². The van der Waals surface area contributed by atoms with Crippen molar-refractivity contribution >= 4 is 11.5 Å². The van der Waals surface area contributed by atoms with Gasteiger partial charge < -0.3 is 10.5 Å². The molecular weight excluding hydrogens is 190 g/mol. The maximum Gasteiger partial charge on any atom is 0.170 e. The molecule has 3 nitrogen and oxygen atoms in total. The van der Waals surface area contributed by atoms with Crippen LogP contribution in [-0.2, 0) is 0 Å². The zero-order chi connectivity index (χ0) is 11.6. The third-order valence-corrected chi connectivity index (χ3v) is 2.19. The summed E-state index contributed by atoms with van der Waals surface area (Å²) in [5.41, 5.74) is 6.36. The van der Waals surface area contributed by atoms with Gasteiger partial charge >= 0.3 is 0 Å². The molecular formula is C12H17NO2. The fraction of sp³-hybridized carbons (Fsp3) is 0.417. The molecule has 0 aliphatic heterocycles. The SMILES string of the molecule is COc1ccc(N)c(C(=O)C(C)(C)C)c1. The monoisotopic (exact) mass is 207 g/mol. The van der Waals surface area contributed by atoms with Crippen molar-refractivity contribution in [2.75, 3.05) is 12.8 Å². The second-order valence-corrected chi connectivity index (χ2v) is 4.53. The van der Waals surface area contributed by atoms with E-state index in [0.717, 1.165) is 0 Å². The summed E-state index contributed by atoms with van der Waals surface area (Å²) in [6, 6.07) is 5.12. The predicted octanol–water partition coefficient (Wildman–Crippen LogP) is 2.51. The molecule has 15 heavy (non-hydrogen) atoms. The molecule has 0 radical (unpaired) electrons. The van der Waals surface area contributed by atoms with Crippen molar-refractivity contribution in [2.24, 2.45) is 5.41 Å². The average Bonchev–Trinajstić information content (AvgIpc) is 2.16. The van der Waals surface area contributed by atoms with Crippen molar-refractivity contribution in [3.05, 3.63) is 23.8 Å². The summed E-state index contributed by atoms with van der Waals surface area (Å²) in [4.78, 5) is 12.0. The molecule has 82 valence electrons. The van der Waals surface area contributed by atoms with Crippen LogP contribution in [0.3, 0.4) is 0 Å². The van der Waals surface area contributed by atoms with E-state index in [1.165, 1.54) is 0 Å². The Morgan fingerprint density at radius 1 is 1.33 bits per heavy atom. The second kappa shape index (κ2) is 3.93. The van der Waals surface area contributed by atoms with Crippen LogP contribution in [0.4, 0.5) is 5.69 Å². The molecule has 0 amide bonds. The van der Waals surface area contributed by atoms with Crippen LogP contribution in [0.15, 0.2) is 18.2 Å². The number of hydrogen-bond acceptors (Lipinski definition) is 3. The zero-order valence-corrected chi connectivity index (χ0v) is 9.63. The number of anilines is 1. The number of Topliss-reactive ketones (excluding diaryl/α,β-unsaturated/α-hetero) is 1. The third-order valence-electron chi connectivity index (χ3n) is 2.19. The van der Waals surface area contributed by atoms with Gasteiger partial charge in [0.2, 0.25) is 0 Å². The maximum absolute atomic E-state index is 12.0. The van der Waals surface area contributed by atoms with Crippen LogP contribution in [0.2, 0.25) is 0 Å². The summed E-state index contributed by atoms with van der Waals surface area (Å²) in [6.07, 6.45) is 0. The molecule has 1 aromatic rings. The molecule has 0 bridgehead atoms. The summed E-state index contributed by atoms with van der Waals surface area (Å²) in [5, 5.41) is 0. The number of ketones is 1. The molecule has 1 aromatic carbocycles. The largest absolute Gasteiger partial charge is 0.497 e. The molecule has 0 fully saturated rings. The smallest absolute Gasteiger partial charge is 0.170 e. The highest BCUT2D eigenvalue weighted by molar-refractivity contribution is 6.04. The Morgan fingerprint density at radius 2 is 1.93 bits per heavy atom. The summed E-state index contributed by atoms with van der Waals surface area (Å²) in [5.74, 6) is 0.677. The number of hydrogen-bond donors (Lipinski definition) is 1. The topological polar surface area (TPSA) is 52.3 Å². The average molecular weight is 207 g/mol. The number of ether oxygens (including phenoxy) is 1. The maximum atomic E-state index is 12.0. The number of benzene rings is 1. The van der Waals surface area contributed by atoms with Crippen LogP contribution in [0.25, 0.3) is 0 Å². The van der Waals surface area contributed by atoms with Gasteiger partial charge in [0.15, 0.2) is 5.78 Å². The Hall–Kier alpha value is -1.51. The molecule has 0 aliphatic carbocycles. The Kier molecular flexibility index (Phi) is 3.03. The second-order valence-electron chi connectivity index (χ2n) is 4.53. The first-order valence-corrected chi connectivity index (χ1v) is 4.84. The summed E-state index contributed by atoms with van der Waals surface area (Å²) in [6.45, 7) is 5.61. The minimum absolute atomic E-state index is 0.0268. The van der Waals surface area contributed by atoms with Crippen LogP contribution in [-0.4, -0.2) is 12.9 Å². The molecule has 0 saturated heterocycles. The van der Waals surface area contributed by atoms with E-state index in [1.807, 2.05) is 20.8 Å². The highest BCUT2D eigenvalue weighted by Gasteiger charge is 2.24. The lowest BCUT2D eigenvalue weighted by Gasteiger charge is -2.18. The zero-order valence-electron chi connectivity index (χ0n) is 9.63. The number of carbonyl (C=O) groups is 1. The first-order valence-electron chi connectivity index (χ1n) is 4.84. The molecule has 1 rings (SSSR count). The number of nitrogens with two attached hydrogens (primary N) is 1. The summed E-state index contributed by atoms with van der Waals surface area (Å²) < 4.78 is 5.06. The van der Waals surface area contributed by atoms with E-state index >= 15 is 0 Å². The number of methoxy groups -OCH3 is 1. The molecule has 0 atom stereocenters. The number of nitrogen functional groups attached to an aromatic ring is 1. The van der Waals surface area contributed by atoms with Crippen LogP contribution in [0.1, 0.15) is 31.1 Å². The van der Waals surface area contributed by atoms with E-state index in [2.05, 4.69) is 0 Å². The van der Waals surface area contributed by atoms with Crippen molar-refractivity contribution in [3.63, 3.8) is 0 Å². The van der Waals surface area contributed by atoms with Gasteiger partial charge in [0.05, 0.1) is 7.11 Å². The van der Waals surface area contributed by atoms with Gasteiger partial charge in [-0.05, 0) is 18.2 Å². The first-order chi connectivity index (χ1) is 6.86. The summed E-state index contributed by atoms with van der Waals surface area (Å²) in [7, 11) is 1.57. The number of carbonyl (C=O) groups excluding carboxylic acids is 1. The van der Waals surface area contributed by atoms with E-state index < -0.39 is 5.41 Å². The highest BCUT2D eigenvalue weighted by atomic mass is 16.5. The minimum Gasteiger partial charge on any atom is -0.497 e. The normalized spacial score (nSPS) is 11.2. The molecule has 0 aromatic heterocycles. The molecule has 0 heterocycles. The van der Waals surface area contributed by atoms with Gasteiger partial charge in [-0.25, -0.2) is 0 Å². The minimum atomic E-state index is -0.430. The van der Waals surface area contributed by atoms with Crippen LogP contribution in [0, 0.1) is 5.41 Å². The highest BCUT2D eigenvalue weighted by Crippen LogP contribution is 2.27. The summed E-state index contributed by atoms with van der Waals surface area (Å²) >= 11 is 0. The lowest BCUT2D eigenvalue weighted by molar-refractivity contribution is 0.0859. The van der Waals surface area contributed by atoms with Gasteiger partial charge in [-0.15, -0.1) is 0 Å². The molecule has 0 aliphatic rings. The standard InChI is InChI=1S/C12H17NO2/c1-12(2,3)11(14)9-7-8(15-4)5-6-10(9)13/h5-7H,13H2,1-4H3. The molecule has 0 spiro atoms. The fourth-order valence-corrected chi connectivity index (χ4v) is 1.26. The van der Waals surface area contributed by atoms with Gasteiger partial charge in [0, 0.05) is 16.7 Å². The van der Waals surface area contributed by atoms with Gasteiger partial charge in [-0.2, -0.15) is 0 Å². The Morgan fingerprint density at radius 3 is 2.40 bits per heavy atom. The molecule has 0 unspecified atom stereocenters. The van der Waals surface area contributed by atoms with Crippen LogP contribution >= 0.6 is 0 Å². The van der Waals surface area contributed by atoms with Crippen molar-refractivity contribution < 1.29 is 9.53 Å². The van der Waals surface area contributed by atoms with Crippen molar-refractivity contribution in [3.8, 4) is 5.75 Å². The van der Waals surface area contributed by atoms with Gasteiger partial charge in [-0.3, -0.25) is 4.79 Å². The fourth-order valence-electron chi connectivity index (χ4n) is 1.26. The van der Waals surface area contributed by atoms with Crippen molar-refractivity contribution in [1.29, 1.82) is 0 Å². The molecule has 3 heteroatoms. The van der Waals surface area contributed by atoms with E-state index in [-0.39, 0.29) is 5.78 Å². The van der Waals surface area contributed by atoms with Crippen LogP contribution < -0.4 is 10.5 Å². The van der Waals surface area contributed by atoms with E-state index in [9.17, 15) is 4.79 Å². The number of rotatable bonds is 2. The van der Waals surface area contributed by atoms with Crippen LogP contribution in [0.5, 0.6) is 5.75 Å². The van der Waals surface area contributed by atoms with Crippen molar-refractivity contribution in [2.45, 2.75) is 20.8 Å². The third kappa shape index (κ3) is 2.49. The van der Waals surface area contributed by atoms with E-state index in [4.69, 9.17) is 10.5 Å². The molecule has 0 saturated carbocycles. The van der Waals surface area contributed by atoms with E-state index in [1.54, 1.807) is 25.3 Å². The van der Waals surface area contributed by atoms with Gasteiger partial charge in [-0.1, -0.05) is 20.8 Å². The lowest BCUT2D eigenvalue weighted by atomic mass is 9.86. The van der Waals surface area contributed by atoms with Crippen molar-refractivity contribution in [1.82, 2.24) is 0 Å². The Balaban J connectivity index is 3.19. The lowest BCUT2D eigenvalue weighted by Crippen LogP contribution is -2.21. The first kappa shape index (κ1) is 11.6. The Bertz CT molecular complexity index is 378. The van der Waals surface area contributed by atoms with Gasteiger partial charge in [0.25, 0.3) is 0 Å². The predicted molar refractivity (Wildman–Crippen MR) is 61.2 cm³/mol.